The first-order chi connectivity index (χ1) is 13.2. The Morgan fingerprint density at radius 1 is 1.18 bits per heavy atom. The number of carbonyl (C=O) groups excluding carboxylic acids is 1. The Labute approximate surface area is 156 Å². The van der Waals surface area contributed by atoms with Gasteiger partial charge in [-0.25, -0.2) is 4.39 Å². The Kier molecular flexibility index (Phi) is 5.34. The van der Waals surface area contributed by atoms with Gasteiger partial charge in [-0.2, -0.15) is 13.2 Å². The number of aryl methyl sites for hydroxylation is 1. The van der Waals surface area contributed by atoms with Gasteiger partial charge in [0.1, 0.15) is 23.9 Å². The van der Waals surface area contributed by atoms with E-state index in [4.69, 9.17) is 9.26 Å². The van der Waals surface area contributed by atoms with Gasteiger partial charge in [-0.1, -0.05) is 11.2 Å². The molecule has 0 aliphatic heterocycles. The smallest absolute Gasteiger partial charge is 0.416 e. The Balaban J connectivity index is 1.75. The molecule has 0 aliphatic carbocycles. The van der Waals surface area contributed by atoms with Crippen LogP contribution in [0.25, 0.3) is 0 Å². The van der Waals surface area contributed by atoms with Gasteiger partial charge in [0.25, 0.3) is 5.91 Å². The molecular weight excluding hydrogens is 380 g/mol. The normalized spacial score (nSPS) is 11.3. The van der Waals surface area contributed by atoms with Crippen molar-refractivity contribution in [3.63, 3.8) is 0 Å². The summed E-state index contributed by atoms with van der Waals surface area (Å²) in [7, 11) is 0. The van der Waals surface area contributed by atoms with Gasteiger partial charge in [-0.3, -0.25) is 4.79 Å². The summed E-state index contributed by atoms with van der Waals surface area (Å²) < 4.78 is 61.9. The zero-order valence-corrected chi connectivity index (χ0v) is 14.5. The lowest BCUT2D eigenvalue weighted by atomic mass is 10.1. The van der Waals surface area contributed by atoms with E-state index >= 15 is 0 Å². The molecule has 5 nitrogen and oxygen atoms in total. The van der Waals surface area contributed by atoms with Crippen LogP contribution >= 0.6 is 0 Å². The van der Waals surface area contributed by atoms with Crippen molar-refractivity contribution in [3.05, 3.63) is 76.9 Å². The van der Waals surface area contributed by atoms with Gasteiger partial charge in [-0.05, 0) is 49.4 Å². The average Bonchev–Trinajstić information content (AvgIpc) is 3.01. The monoisotopic (exact) mass is 394 g/mol. The third-order valence-corrected chi connectivity index (χ3v) is 3.84. The first-order valence-corrected chi connectivity index (χ1v) is 8.06. The summed E-state index contributed by atoms with van der Waals surface area (Å²) in [6.07, 6.45) is -4.53. The standard InChI is InChI=1S/C19H14F4N2O3/c1-11-16(10-27-15-7-5-13(20)6-8-15)17(25-28-11)18(26)24-14-4-2-3-12(9-14)19(21,22)23/h2-9H,10H2,1H3,(H,24,26). The molecule has 0 radical (unpaired) electrons. The molecule has 1 N–H and O–H groups in total. The number of benzene rings is 2. The maximum absolute atomic E-state index is 12.9. The molecule has 0 spiro atoms. The van der Waals surface area contributed by atoms with Crippen LogP contribution in [0.5, 0.6) is 5.75 Å². The molecule has 0 saturated heterocycles. The predicted octanol–water partition coefficient (Wildman–Crippen LogP) is 4.97. The zero-order valence-electron chi connectivity index (χ0n) is 14.5. The number of alkyl halides is 3. The first-order valence-electron chi connectivity index (χ1n) is 8.06. The minimum atomic E-state index is -4.53. The predicted molar refractivity (Wildman–Crippen MR) is 91.4 cm³/mol. The van der Waals surface area contributed by atoms with Gasteiger partial charge in [-0.15, -0.1) is 0 Å². The molecule has 0 atom stereocenters. The van der Waals surface area contributed by atoms with Gasteiger partial charge in [0, 0.05) is 5.69 Å². The maximum Gasteiger partial charge on any atom is 0.416 e. The molecular formula is C19H14F4N2O3. The molecule has 0 fully saturated rings. The molecule has 0 bridgehead atoms. The summed E-state index contributed by atoms with van der Waals surface area (Å²) in [4.78, 5) is 12.4. The number of anilines is 1. The largest absolute Gasteiger partial charge is 0.489 e. The van der Waals surface area contributed by atoms with Crippen molar-refractivity contribution in [2.75, 3.05) is 5.32 Å². The van der Waals surface area contributed by atoms with Gasteiger partial charge in [0.05, 0.1) is 11.1 Å². The van der Waals surface area contributed by atoms with E-state index in [1.165, 1.54) is 36.4 Å². The van der Waals surface area contributed by atoms with Crippen LogP contribution < -0.4 is 10.1 Å². The maximum atomic E-state index is 12.9. The highest BCUT2D eigenvalue weighted by Crippen LogP contribution is 2.31. The number of ether oxygens (including phenoxy) is 1. The molecule has 3 rings (SSSR count). The Bertz CT molecular complexity index is 982. The second-order valence-corrected chi connectivity index (χ2v) is 5.84. The summed E-state index contributed by atoms with van der Waals surface area (Å²) in [5.41, 5.74) is -0.710. The number of nitrogens with one attached hydrogen (secondary N) is 1. The van der Waals surface area contributed by atoms with Gasteiger partial charge < -0.3 is 14.6 Å². The number of nitrogens with zero attached hydrogens (tertiary/aromatic N) is 1. The van der Waals surface area contributed by atoms with Crippen molar-refractivity contribution < 1.29 is 31.6 Å². The fourth-order valence-electron chi connectivity index (χ4n) is 2.39. The van der Waals surface area contributed by atoms with E-state index < -0.39 is 23.5 Å². The minimum Gasteiger partial charge on any atom is -0.489 e. The highest BCUT2D eigenvalue weighted by Gasteiger charge is 2.30. The Hall–Kier alpha value is -3.36. The quantitative estimate of drug-likeness (QED) is 0.621. The van der Waals surface area contributed by atoms with E-state index in [0.29, 0.717) is 17.1 Å². The molecule has 2 aromatic carbocycles. The Morgan fingerprint density at radius 3 is 2.57 bits per heavy atom. The summed E-state index contributed by atoms with van der Waals surface area (Å²) in [6.45, 7) is 1.48. The molecule has 3 aromatic rings. The topological polar surface area (TPSA) is 64.4 Å². The number of aromatic nitrogens is 1. The van der Waals surface area contributed by atoms with Crippen LogP contribution in [-0.2, 0) is 12.8 Å². The van der Waals surface area contributed by atoms with E-state index in [0.717, 1.165) is 12.1 Å². The lowest BCUT2D eigenvalue weighted by molar-refractivity contribution is -0.137. The number of carbonyl (C=O) groups is 1. The molecule has 0 saturated carbocycles. The number of hydrogen-bond acceptors (Lipinski definition) is 4. The SMILES string of the molecule is Cc1onc(C(=O)Nc2cccc(C(F)(F)F)c2)c1COc1ccc(F)cc1. The highest BCUT2D eigenvalue weighted by molar-refractivity contribution is 6.03. The van der Waals surface area contributed by atoms with Gasteiger partial charge in [0.15, 0.2) is 5.69 Å². The summed E-state index contributed by atoms with van der Waals surface area (Å²) in [5.74, 6) is -0.480. The van der Waals surface area contributed by atoms with Crippen molar-refractivity contribution in [1.29, 1.82) is 0 Å². The highest BCUT2D eigenvalue weighted by atomic mass is 19.4. The molecule has 9 heteroatoms. The first kappa shape index (κ1) is 19.4. The van der Waals surface area contributed by atoms with E-state index in [2.05, 4.69) is 10.5 Å². The van der Waals surface area contributed by atoms with Crippen molar-refractivity contribution in [1.82, 2.24) is 5.16 Å². The Morgan fingerprint density at radius 2 is 1.89 bits per heavy atom. The zero-order chi connectivity index (χ0) is 20.3. The molecule has 1 aromatic heterocycles. The van der Waals surface area contributed by atoms with Crippen LogP contribution in [0.3, 0.4) is 0 Å². The molecule has 1 amide bonds. The number of halogens is 4. The van der Waals surface area contributed by atoms with Crippen LogP contribution in [0.1, 0.15) is 27.4 Å². The van der Waals surface area contributed by atoms with E-state index in [-0.39, 0.29) is 18.0 Å². The van der Waals surface area contributed by atoms with Gasteiger partial charge in [0.2, 0.25) is 0 Å². The summed E-state index contributed by atoms with van der Waals surface area (Å²) in [6, 6.07) is 9.51. The minimum absolute atomic E-state index is 0.0362. The molecule has 1 heterocycles. The molecule has 0 aliphatic rings. The average molecular weight is 394 g/mol. The molecule has 146 valence electrons. The lowest BCUT2D eigenvalue weighted by Crippen LogP contribution is -2.16. The number of hydrogen-bond donors (Lipinski definition) is 1. The number of rotatable bonds is 5. The van der Waals surface area contributed by atoms with E-state index in [1.54, 1.807) is 6.92 Å². The van der Waals surface area contributed by atoms with Crippen molar-refractivity contribution in [2.45, 2.75) is 19.7 Å². The summed E-state index contributed by atoms with van der Waals surface area (Å²) in [5, 5.41) is 6.02. The van der Waals surface area contributed by atoms with Crippen molar-refractivity contribution >= 4 is 11.6 Å². The summed E-state index contributed by atoms with van der Waals surface area (Å²) >= 11 is 0. The van der Waals surface area contributed by atoms with Crippen molar-refractivity contribution in [3.8, 4) is 5.75 Å². The molecule has 0 unspecified atom stereocenters. The second-order valence-electron chi connectivity index (χ2n) is 5.84. The van der Waals surface area contributed by atoms with Crippen LogP contribution in [-0.4, -0.2) is 11.1 Å². The van der Waals surface area contributed by atoms with Crippen LogP contribution in [0.2, 0.25) is 0 Å². The third kappa shape index (κ3) is 4.48. The van der Waals surface area contributed by atoms with Crippen molar-refractivity contribution in [2.24, 2.45) is 0 Å². The van der Waals surface area contributed by atoms with Gasteiger partial charge >= 0.3 is 6.18 Å². The van der Waals surface area contributed by atoms with Crippen LogP contribution in [0.4, 0.5) is 23.2 Å². The van der Waals surface area contributed by atoms with E-state index in [9.17, 15) is 22.4 Å². The molecule has 28 heavy (non-hydrogen) atoms. The van der Waals surface area contributed by atoms with Crippen LogP contribution in [0.15, 0.2) is 53.1 Å². The fraction of sp³-hybridized carbons (Fsp3) is 0.158. The number of amides is 1. The lowest BCUT2D eigenvalue weighted by Gasteiger charge is -2.10. The second kappa shape index (κ2) is 7.71. The van der Waals surface area contributed by atoms with E-state index in [1.807, 2.05) is 0 Å². The van der Waals surface area contributed by atoms with Crippen LogP contribution in [0, 0.1) is 12.7 Å². The fourth-order valence-corrected chi connectivity index (χ4v) is 2.39. The third-order valence-electron chi connectivity index (χ3n) is 3.84.